The highest BCUT2D eigenvalue weighted by Crippen LogP contribution is 2.32. The van der Waals surface area contributed by atoms with Gasteiger partial charge in [-0.05, 0) is 50.5 Å². The predicted molar refractivity (Wildman–Crippen MR) is 111 cm³/mol. The predicted octanol–water partition coefficient (Wildman–Crippen LogP) is 3.00. The molecule has 0 aliphatic carbocycles. The number of nitrogens with one attached hydrogen (secondary N) is 1. The lowest BCUT2D eigenvalue weighted by molar-refractivity contribution is 0.0707. The van der Waals surface area contributed by atoms with Gasteiger partial charge >= 0.3 is 0 Å². The number of piperidine rings is 1. The molecule has 150 valence electrons. The van der Waals surface area contributed by atoms with Crippen LogP contribution in [0.3, 0.4) is 0 Å². The van der Waals surface area contributed by atoms with Gasteiger partial charge in [0.05, 0.1) is 11.8 Å². The first-order valence-corrected chi connectivity index (χ1v) is 11.9. The van der Waals surface area contributed by atoms with Crippen LogP contribution in [0, 0.1) is 13.8 Å². The lowest BCUT2D eigenvalue weighted by Gasteiger charge is -2.32. The number of hydrogen-bond acceptors (Lipinski definition) is 5. The van der Waals surface area contributed by atoms with Gasteiger partial charge in [-0.3, -0.25) is 4.79 Å². The number of hydrogen-bond donors (Lipinski definition) is 1. The molecule has 0 atom stereocenters. The van der Waals surface area contributed by atoms with E-state index in [1.165, 1.54) is 17.3 Å². The monoisotopic (exact) mass is 419 g/mol. The molecule has 2 heterocycles. The summed E-state index contributed by atoms with van der Waals surface area (Å²) in [6.07, 6.45) is 4.08. The van der Waals surface area contributed by atoms with Crippen molar-refractivity contribution < 1.29 is 13.2 Å². The molecule has 0 unspecified atom stereocenters. The van der Waals surface area contributed by atoms with Gasteiger partial charge in [-0.25, -0.2) is 18.1 Å². The molecule has 1 saturated heterocycles. The lowest BCUT2D eigenvalue weighted by Crippen LogP contribution is -2.46. The molecule has 1 aliphatic heterocycles. The van der Waals surface area contributed by atoms with Crippen molar-refractivity contribution in [1.82, 2.24) is 14.6 Å². The van der Waals surface area contributed by atoms with E-state index in [4.69, 9.17) is 0 Å². The van der Waals surface area contributed by atoms with Gasteiger partial charge in [0.2, 0.25) is 10.0 Å². The number of rotatable bonds is 5. The van der Waals surface area contributed by atoms with Gasteiger partial charge in [0.15, 0.2) is 0 Å². The van der Waals surface area contributed by atoms with Crippen molar-refractivity contribution in [1.29, 1.82) is 0 Å². The molecule has 28 heavy (non-hydrogen) atoms. The Labute approximate surface area is 170 Å². The summed E-state index contributed by atoms with van der Waals surface area (Å²) in [6, 6.07) is 9.70. The first kappa shape index (κ1) is 20.8. The molecule has 2 aromatic rings. The minimum absolute atomic E-state index is 0.0572. The minimum atomic E-state index is -3.23. The van der Waals surface area contributed by atoms with Gasteiger partial charge in [-0.1, -0.05) is 29.5 Å². The van der Waals surface area contributed by atoms with Crippen LogP contribution in [0.25, 0.3) is 0 Å². The summed E-state index contributed by atoms with van der Waals surface area (Å²) in [5.41, 5.74) is 2.94. The lowest BCUT2D eigenvalue weighted by atomic mass is 10.1. The second kappa shape index (κ2) is 8.63. The van der Waals surface area contributed by atoms with E-state index in [0.29, 0.717) is 36.5 Å². The molecule has 0 radical (unpaired) electrons. The molecule has 1 amide bonds. The summed E-state index contributed by atoms with van der Waals surface area (Å²) in [5, 5.41) is 0.691. The maximum absolute atomic E-state index is 13.1. The molecule has 8 heteroatoms. The van der Waals surface area contributed by atoms with Gasteiger partial charge < -0.3 is 4.90 Å². The number of pyridine rings is 1. The number of likely N-dealkylation sites (tertiary alicyclic amines) is 1. The maximum Gasteiger partial charge on any atom is 0.256 e. The number of amides is 1. The van der Waals surface area contributed by atoms with Crippen molar-refractivity contribution in [3.05, 3.63) is 53.2 Å². The standard InChI is InChI=1S/C20H25N3O3S2/c1-14-6-7-18(15(2)13-14)27-19-17(5-4-10-21-19)20(24)23-11-8-16(9-12-23)22-28(3,25)26/h4-7,10,13,16,22H,8-9,11-12H2,1-3H3. The Kier molecular flexibility index (Phi) is 6.42. The highest BCUT2D eigenvalue weighted by Gasteiger charge is 2.27. The van der Waals surface area contributed by atoms with Crippen molar-refractivity contribution in [2.75, 3.05) is 19.3 Å². The third-order valence-corrected chi connectivity index (χ3v) is 6.66. The number of carbonyl (C=O) groups is 1. The zero-order valence-electron chi connectivity index (χ0n) is 16.3. The number of sulfonamides is 1. The summed E-state index contributed by atoms with van der Waals surface area (Å²) in [6.45, 7) is 5.15. The van der Waals surface area contributed by atoms with Crippen LogP contribution >= 0.6 is 11.8 Å². The third-order valence-electron chi connectivity index (χ3n) is 4.70. The number of nitrogens with zero attached hydrogens (tertiary/aromatic N) is 2. The minimum Gasteiger partial charge on any atom is -0.338 e. The van der Waals surface area contributed by atoms with E-state index in [1.807, 2.05) is 6.07 Å². The molecule has 3 rings (SSSR count). The Balaban J connectivity index is 1.73. The van der Waals surface area contributed by atoms with Crippen LogP contribution in [0.1, 0.15) is 34.3 Å². The molecule has 1 N–H and O–H groups in total. The van der Waals surface area contributed by atoms with Gasteiger partial charge in [0.1, 0.15) is 5.03 Å². The molecule has 0 saturated carbocycles. The van der Waals surface area contributed by atoms with Gasteiger partial charge in [0.25, 0.3) is 5.91 Å². The van der Waals surface area contributed by atoms with Crippen LogP contribution in [0.5, 0.6) is 0 Å². The van der Waals surface area contributed by atoms with Crippen LogP contribution in [0.15, 0.2) is 46.5 Å². The number of aryl methyl sites for hydroxylation is 2. The quantitative estimate of drug-likeness (QED) is 0.806. The Hall–Kier alpha value is -1.90. The Morgan fingerprint density at radius 3 is 2.57 bits per heavy atom. The fourth-order valence-corrected chi connectivity index (χ4v) is 5.11. The van der Waals surface area contributed by atoms with Crippen LogP contribution in [-0.2, 0) is 10.0 Å². The van der Waals surface area contributed by atoms with Crippen LogP contribution in [0.4, 0.5) is 0 Å². The molecule has 1 fully saturated rings. The van der Waals surface area contributed by atoms with Gasteiger partial charge in [-0.15, -0.1) is 0 Å². The van der Waals surface area contributed by atoms with Gasteiger partial charge in [0, 0.05) is 30.2 Å². The first-order chi connectivity index (χ1) is 13.2. The van der Waals surface area contributed by atoms with E-state index >= 15 is 0 Å². The normalized spacial score (nSPS) is 15.6. The molecular formula is C20H25N3O3S2. The van der Waals surface area contributed by atoms with Crippen molar-refractivity contribution in [2.24, 2.45) is 0 Å². The highest BCUT2D eigenvalue weighted by atomic mass is 32.2. The van der Waals surface area contributed by atoms with Crippen molar-refractivity contribution >= 4 is 27.7 Å². The van der Waals surface area contributed by atoms with E-state index in [2.05, 4.69) is 41.8 Å². The van der Waals surface area contributed by atoms with Crippen LogP contribution in [0.2, 0.25) is 0 Å². The molecular weight excluding hydrogens is 394 g/mol. The first-order valence-electron chi connectivity index (χ1n) is 9.19. The number of carbonyl (C=O) groups excluding carboxylic acids is 1. The second-order valence-electron chi connectivity index (χ2n) is 7.18. The molecule has 6 nitrogen and oxygen atoms in total. The molecule has 1 aromatic carbocycles. The van der Waals surface area contributed by atoms with E-state index < -0.39 is 10.0 Å². The largest absolute Gasteiger partial charge is 0.338 e. The van der Waals surface area contributed by atoms with Gasteiger partial charge in [-0.2, -0.15) is 0 Å². The molecule has 1 aromatic heterocycles. The summed E-state index contributed by atoms with van der Waals surface area (Å²) in [4.78, 5) is 20.4. The fraction of sp³-hybridized carbons (Fsp3) is 0.400. The van der Waals surface area contributed by atoms with Crippen molar-refractivity contribution in [3.8, 4) is 0 Å². The zero-order valence-corrected chi connectivity index (χ0v) is 17.9. The summed E-state index contributed by atoms with van der Waals surface area (Å²) in [5.74, 6) is -0.0572. The summed E-state index contributed by atoms with van der Waals surface area (Å²) >= 11 is 1.50. The number of aromatic nitrogens is 1. The number of benzene rings is 1. The second-order valence-corrected chi connectivity index (χ2v) is 9.99. The zero-order chi connectivity index (χ0) is 20.3. The third kappa shape index (κ3) is 5.33. The summed E-state index contributed by atoms with van der Waals surface area (Å²) in [7, 11) is -3.23. The average Bonchev–Trinajstić information content (AvgIpc) is 2.63. The average molecular weight is 420 g/mol. The molecule has 1 aliphatic rings. The highest BCUT2D eigenvalue weighted by molar-refractivity contribution is 7.99. The van der Waals surface area contributed by atoms with E-state index in [0.717, 1.165) is 16.7 Å². The fourth-order valence-electron chi connectivity index (χ4n) is 3.33. The molecule has 0 bridgehead atoms. The smallest absolute Gasteiger partial charge is 0.256 e. The van der Waals surface area contributed by atoms with E-state index in [9.17, 15) is 13.2 Å². The van der Waals surface area contributed by atoms with E-state index in [1.54, 1.807) is 17.2 Å². The summed E-state index contributed by atoms with van der Waals surface area (Å²) < 4.78 is 25.4. The Morgan fingerprint density at radius 2 is 1.93 bits per heavy atom. The van der Waals surface area contributed by atoms with Crippen molar-refractivity contribution in [2.45, 2.75) is 42.7 Å². The maximum atomic E-state index is 13.1. The topological polar surface area (TPSA) is 79.4 Å². The van der Waals surface area contributed by atoms with Crippen LogP contribution < -0.4 is 4.72 Å². The van der Waals surface area contributed by atoms with Crippen LogP contribution in [-0.4, -0.2) is 49.6 Å². The SMILES string of the molecule is Cc1ccc(Sc2ncccc2C(=O)N2CCC(NS(C)(=O)=O)CC2)c(C)c1. The van der Waals surface area contributed by atoms with E-state index in [-0.39, 0.29) is 11.9 Å². The molecule has 0 spiro atoms. The Morgan fingerprint density at radius 1 is 1.21 bits per heavy atom. The Bertz CT molecular complexity index is 968. The van der Waals surface area contributed by atoms with Crippen molar-refractivity contribution in [3.63, 3.8) is 0 Å².